The monoisotopic (exact) mass is 420 g/mol. The number of hydrogen-bond acceptors (Lipinski definition) is 6. The van der Waals surface area contributed by atoms with Crippen molar-refractivity contribution in [1.82, 2.24) is 0 Å². The summed E-state index contributed by atoms with van der Waals surface area (Å²) >= 11 is 3.25. The number of hydrogen-bond donors (Lipinski definition) is 2. The maximum Gasteiger partial charge on any atom is 0.358 e. The van der Waals surface area contributed by atoms with Crippen molar-refractivity contribution in [3.8, 4) is 11.5 Å². The lowest BCUT2D eigenvalue weighted by atomic mass is 10.1. The second-order valence-electron chi connectivity index (χ2n) is 5.03. The number of nitrogens with one attached hydrogen (secondary N) is 1. The Hall–Kier alpha value is -2.84. The molecule has 0 unspecified atom stereocenters. The zero-order valence-corrected chi connectivity index (χ0v) is 15.7. The van der Waals surface area contributed by atoms with E-state index >= 15 is 0 Å². The Morgan fingerprint density at radius 2 is 1.81 bits per heavy atom. The fourth-order valence-corrected chi connectivity index (χ4v) is 2.52. The smallest absolute Gasteiger partial charge is 0.358 e. The Kier molecular flexibility index (Phi) is 6.76. The number of rotatable bonds is 6. The number of ether oxygens (including phenoxy) is 2. The summed E-state index contributed by atoms with van der Waals surface area (Å²) in [4.78, 5) is 28.1. The number of nitrogens with two attached hydrogens (primary N) is 1. The van der Waals surface area contributed by atoms with Crippen LogP contribution in [-0.4, -0.2) is 26.1 Å². The van der Waals surface area contributed by atoms with Gasteiger partial charge in [0, 0.05) is 10.5 Å². The summed E-state index contributed by atoms with van der Waals surface area (Å²) in [6, 6.07) is 10.0. The van der Waals surface area contributed by atoms with Crippen LogP contribution in [0.5, 0.6) is 11.5 Å². The SMILES string of the molecule is COc1ccc(/C=C/C(=O)Nc2ccc(Br)cc2C(=O)ON)cc1OC. The average Bonchev–Trinajstić information content (AvgIpc) is 2.66. The van der Waals surface area contributed by atoms with E-state index in [0.717, 1.165) is 5.56 Å². The van der Waals surface area contributed by atoms with E-state index in [1.165, 1.54) is 19.3 Å². The molecule has 136 valence electrons. The van der Waals surface area contributed by atoms with Crippen molar-refractivity contribution >= 4 is 39.6 Å². The van der Waals surface area contributed by atoms with Gasteiger partial charge in [-0.25, -0.2) is 4.79 Å². The molecule has 0 saturated heterocycles. The van der Waals surface area contributed by atoms with Crippen molar-refractivity contribution in [2.24, 2.45) is 5.90 Å². The van der Waals surface area contributed by atoms with E-state index in [0.29, 0.717) is 16.0 Å². The fourth-order valence-electron chi connectivity index (χ4n) is 2.16. The summed E-state index contributed by atoms with van der Waals surface area (Å²) in [6.45, 7) is 0. The Morgan fingerprint density at radius 1 is 1.08 bits per heavy atom. The zero-order valence-electron chi connectivity index (χ0n) is 14.1. The number of anilines is 1. The number of benzene rings is 2. The van der Waals surface area contributed by atoms with E-state index in [4.69, 9.17) is 15.4 Å². The largest absolute Gasteiger partial charge is 0.493 e. The molecule has 1 amide bonds. The van der Waals surface area contributed by atoms with Crippen LogP contribution < -0.4 is 20.7 Å². The van der Waals surface area contributed by atoms with Crippen molar-refractivity contribution < 1.29 is 23.9 Å². The Morgan fingerprint density at radius 3 is 2.46 bits per heavy atom. The highest BCUT2D eigenvalue weighted by molar-refractivity contribution is 9.10. The standard InChI is InChI=1S/C18H17BrN2O5/c1-24-15-7-3-11(9-16(15)25-2)4-8-17(22)21-14-6-5-12(19)10-13(14)18(23)26-20/h3-10H,20H2,1-2H3,(H,21,22)/b8-4+. The lowest BCUT2D eigenvalue weighted by Gasteiger charge is -2.09. The van der Waals surface area contributed by atoms with Crippen molar-refractivity contribution in [3.05, 3.63) is 58.1 Å². The molecule has 26 heavy (non-hydrogen) atoms. The van der Waals surface area contributed by atoms with Gasteiger partial charge >= 0.3 is 5.97 Å². The topological polar surface area (TPSA) is 99.9 Å². The second-order valence-corrected chi connectivity index (χ2v) is 5.95. The molecule has 0 bridgehead atoms. The number of halogens is 1. The maximum atomic E-state index is 12.2. The van der Waals surface area contributed by atoms with Crippen LogP contribution in [0, 0.1) is 0 Å². The molecule has 0 fully saturated rings. The van der Waals surface area contributed by atoms with E-state index in [9.17, 15) is 9.59 Å². The molecule has 2 aromatic rings. The van der Waals surface area contributed by atoms with Gasteiger partial charge in [0.1, 0.15) is 0 Å². The van der Waals surface area contributed by atoms with Crippen molar-refractivity contribution in [2.75, 3.05) is 19.5 Å². The van der Waals surface area contributed by atoms with E-state index in [-0.39, 0.29) is 11.3 Å². The molecule has 0 aliphatic rings. The lowest BCUT2D eigenvalue weighted by molar-refractivity contribution is -0.111. The number of carbonyl (C=O) groups is 2. The Bertz CT molecular complexity index is 851. The van der Waals surface area contributed by atoms with Crippen molar-refractivity contribution in [2.45, 2.75) is 0 Å². The molecule has 0 aromatic heterocycles. The van der Waals surface area contributed by atoms with Crippen LogP contribution in [0.1, 0.15) is 15.9 Å². The van der Waals surface area contributed by atoms with Crippen LogP contribution in [0.3, 0.4) is 0 Å². The highest BCUT2D eigenvalue weighted by atomic mass is 79.9. The summed E-state index contributed by atoms with van der Waals surface area (Å²) in [7, 11) is 3.08. The van der Waals surface area contributed by atoms with Crippen molar-refractivity contribution in [1.29, 1.82) is 0 Å². The molecule has 0 atom stereocenters. The second kappa shape index (κ2) is 9.02. The highest BCUT2D eigenvalue weighted by Crippen LogP contribution is 2.28. The predicted molar refractivity (Wildman–Crippen MR) is 101 cm³/mol. The van der Waals surface area contributed by atoms with Gasteiger partial charge in [0.15, 0.2) is 11.5 Å². The van der Waals surface area contributed by atoms with Gasteiger partial charge in [0.05, 0.1) is 25.5 Å². The van der Waals surface area contributed by atoms with Gasteiger partial charge in [0.2, 0.25) is 5.91 Å². The molecule has 0 aliphatic heterocycles. The van der Waals surface area contributed by atoms with Crippen LogP contribution in [0.4, 0.5) is 5.69 Å². The molecular formula is C18H17BrN2O5. The third-order valence-corrected chi connectivity index (χ3v) is 3.89. The number of carbonyl (C=O) groups excluding carboxylic acids is 2. The molecular weight excluding hydrogens is 404 g/mol. The van der Waals surface area contributed by atoms with Crippen LogP contribution in [0.15, 0.2) is 46.9 Å². The molecule has 0 spiro atoms. The summed E-state index contributed by atoms with van der Waals surface area (Å²) in [6.07, 6.45) is 2.94. The van der Waals surface area contributed by atoms with E-state index < -0.39 is 11.9 Å². The van der Waals surface area contributed by atoms with Crippen molar-refractivity contribution in [3.63, 3.8) is 0 Å². The van der Waals surface area contributed by atoms with Gasteiger partial charge in [-0.15, -0.1) is 0 Å². The molecule has 0 aliphatic carbocycles. The predicted octanol–water partition coefficient (Wildman–Crippen LogP) is 3.15. The van der Waals surface area contributed by atoms with Crippen LogP contribution in [0.25, 0.3) is 6.08 Å². The summed E-state index contributed by atoms with van der Waals surface area (Å²) in [5, 5.41) is 2.62. The first-order valence-electron chi connectivity index (χ1n) is 7.40. The third kappa shape index (κ3) is 4.84. The average molecular weight is 421 g/mol. The highest BCUT2D eigenvalue weighted by Gasteiger charge is 2.14. The Labute approximate surface area is 158 Å². The maximum absolute atomic E-state index is 12.2. The van der Waals surface area contributed by atoms with Gasteiger partial charge < -0.3 is 19.6 Å². The minimum Gasteiger partial charge on any atom is -0.493 e. The van der Waals surface area contributed by atoms with Gasteiger partial charge in [-0.3, -0.25) is 4.79 Å². The van der Waals surface area contributed by atoms with E-state index in [1.807, 2.05) is 0 Å². The minimum absolute atomic E-state index is 0.134. The fraction of sp³-hybridized carbons (Fsp3) is 0.111. The van der Waals surface area contributed by atoms with Gasteiger partial charge in [-0.1, -0.05) is 22.0 Å². The molecule has 0 heterocycles. The molecule has 0 saturated carbocycles. The number of amides is 1. The minimum atomic E-state index is -0.759. The summed E-state index contributed by atoms with van der Waals surface area (Å²) in [5.41, 5.74) is 1.16. The van der Waals surface area contributed by atoms with Crippen LogP contribution in [-0.2, 0) is 9.63 Å². The van der Waals surface area contributed by atoms with Gasteiger partial charge in [0.25, 0.3) is 0 Å². The first kappa shape index (κ1) is 19.5. The summed E-state index contributed by atoms with van der Waals surface area (Å²) in [5.74, 6) is 4.89. The first-order valence-corrected chi connectivity index (χ1v) is 8.19. The number of methoxy groups -OCH3 is 2. The quantitative estimate of drug-likeness (QED) is 0.549. The normalized spacial score (nSPS) is 10.5. The first-order chi connectivity index (χ1) is 12.5. The van der Waals surface area contributed by atoms with E-state index in [2.05, 4.69) is 26.1 Å². The molecule has 0 radical (unpaired) electrons. The Balaban J connectivity index is 2.16. The third-order valence-electron chi connectivity index (χ3n) is 3.40. The molecule has 2 rings (SSSR count). The van der Waals surface area contributed by atoms with Crippen LogP contribution >= 0.6 is 15.9 Å². The van der Waals surface area contributed by atoms with E-state index in [1.54, 1.807) is 43.5 Å². The molecule has 3 N–H and O–H groups in total. The zero-order chi connectivity index (χ0) is 19.1. The molecule has 7 nitrogen and oxygen atoms in total. The lowest BCUT2D eigenvalue weighted by Crippen LogP contribution is -2.15. The molecule has 8 heteroatoms. The summed E-state index contributed by atoms with van der Waals surface area (Å²) < 4.78 is 11.0. The molecule has 2 aromatic carbocycles. The van der Waals surface area contributed by atoms with Gasteiger partial charge in [-0.05, 0) is 42.0 Å². The van der Waals surface area contributed by atoms with Gasteiger partial charge in [-0.2, -0.15) is 5.90 Å². The van der Waals surface area contributed by atoms with Crippen LogP contribution in [0.2, 0.25) is 0 Å².